The molecule has 0 saturated carbocycles. The van der Waals surface area contributed by atoms with Crippen LogP contribution in [-0.4, -0.2) is 33.7 Å². The van der Waals surface area contributed by atoms with Crippen molar-refractivity contribution in [3.05, 3.63) is 40.4 Å². The smallest absolute Gasteiger partial charge is 0.272 e. The Morgan fingerprint density at radius 2 is 1.74 bits per heavy atom. The Hall–Kier alpha value is -2.94. The first kappa shape index (κ1) is 24.3. The van der Waals surface area contributed by atoms with E-state index in [9.17, 15) is 14.4 Å². The molecule has 1 unspecified atom stereocenters. The number of carbonyl (C=O) groups is 3. The molecule has 0 fully saturated rings. The van der Waals surface area contributed by atoms with Gasteiger partial charge in [0.15, 0.2) is 5.69 Å². The molecule has 0 saturated heterocycles. The van der Waals surface area contributed by atoms with Crippen molar-refractivity contribution in [1.29, 1.82) is 0 Å². The van der Waals surface area contributed by atoms with Crippen LogP contribution in [0.2, 0.25) is 0 Å². The monoisotopic (exact) mass is 445 g/mol. The Labute approximate surface area is 187 Å². The van der Waals surface area contributed by atoms with Crippen LogP contribution in [0.4, 0.5) is 11.4 Å². The SMILES string of the molecule is Cc1ccc(N(C(=O)c2snc(C(N)=O)c2N)C(CC(C)C)C(=O)NC(C)(C)C)cc1. The number of aromatic nitrogens is 1. The molecule has 3 amide bonds. The first-order valence-electron chi connectivity index (χ1n) is 10.1. The van der Waals surface area contributed by atoms with Crippen molar-refractivity contribution in [3.63, 3.8) is 0 Å². The Morgan fingerprint density at radius 1 is 1.16 bits per heavy atom. The summed E-state index contributed by atoms with van der Waals surface area (Å²) in [6.07, 6.45) is 0.433. The van der Waals surface area contributed by atoms with Gasteiger partial charge in [0.05, 0.1) is 5.69 Å². The zero-order valence-corrected chi connectivity index (χ0v) is 19.7. The molecule has 9 heteroatoms. The molecule has 2 rings (SSSR count). The fourth-order valence-corrected chi connectivity index (χ4v) is 3.85. The topological polar surface area (TPSA) is 131 Å². The van der Waals surface area contributed by atoms with Crippen molar-refractivity contribution in [2.24, 2.45) is 11.7 Å². The van der Waals surface area contributed by atoms with Gasteiger partial charge in [-0.3, -0.25) is 19.3 Å². The molecule has 8 nitrogen and oxygen atoms in total. The van der Waals surface area contributed by atoms with E-state index < -0.39 is 23.4 Å². The van der Waals surface area contributed by atoms with Crippen molar-refractivity contribution < 1.29 is 14.4 Å². The predicted molar refractivity (Wildman–Crippen MR) is 124 cm³/mol. The molecule has 0 bridgehead atoms. The van der Waals surface area contributed by atoms with Gasteiger partial charge in [-0.1, -0.05) is 31.5 Å². The van der Waals surface area contributed by atoms with Crippen LogP contribution >= 0.6 is 11.5 Å². The maximum Gasteiger partial charge on any atom is 0.272 e. The van der Waals surface area contributed by atoms with Gasteiger partial charge in [0.25, 0.3) is 11.8 Å². The number of anilines is 2. The highest BCUT2D eigenvalue weighted by Gasteiger charge is 2.36. The molecule has 1 heterocycles. The largest absolute Gasteiger partial charge is 0.395 e. The lowest BCUT2D eigenvalue weighted by Gasteiger charge is -2.34. The van der Waals surface area contributed by atoms with Crippen LogP contribution in [0.15, 0.2) is 24.3 Å². The molecule has 0 aliphatic carbocycles. The third-order valence-electron chi connectivity index (χ3n) is 4.49. The minimum absolute atomic E-state index is 0.0702. The predicted octanol–water partition coefficient (Wildman–Crippen LogP) is 3.11. The quantitative estimate of drug-likeness (QED) is 0.602. The Balaban J connectivity index is 2.61. The second-order valence-electron chi connectivity index (χ2n) is 9.03. The number of rotatable bonds is 7. The van der Waals surface area contributed by atoms with Crippen LogP contribution in [0.1, 0.15) is 66.8 Å². The lowest BCUT2D eigenvalue weighted by atomic mass is 9.98. The number of aryl methyl sites for hydroxylation is 1. The summed E-state index contributed by atoms with van der Waals surface area (Å²) in [6, 6.07) is 6.53. The number of primary amides is 1. The molecular weight excluding hydrogens is 414 g/mol. The molecular formula is C22H31N5O3S. The van der Waals surface area contributed by atoms with E-state index >= 15 is 0 Å². The lowest BCUT2D eigenvalue weighted by molar-refractivity contribution is -0.124. The molecule has 1 atom stereocenters. The molecule has 0 aliphatic heterocycles. The van der Waals surface area contributed by atoms with Crippen LogP contribution in [0.5, 0.6) is 0 Å². The summed E-state index contributed by atoms with van der Waals surface area (Å²) in [5, 5.41) is 2.98. The maximum atomic E-state index is 13.7. The summed E-state index contributed by atoms with van der Waals surface area (Å²) in [5.41, 5.74) is 12.2. The first-order chi connectivity index (χ1) is 14.3. The Morgan fingerprint density at radius 3 is 2.19 bits per heavy atom. The van der Waals surface area contributed by atoms with Crippen LogP contribution in [-0.2, 0) is 4.79 Å². The number of hydrogen-bond acceptors (Lipinski definition) is 6. The molecule has 168 valence electrons. The fraction of sp³-hybridized carbons (Fsp3) is 0.455. The number of nitrogens with two attached hydrogens (primary N) is 2. The molecule has 0 radical (unpaired) electrons. The average Bonchev–Trinajstić information content (AvgIpc) is 3.02. The summed E-state index contributed by atoms with van der Waals surface area (Å²) in [7, 11) is 0. The molecule has 1 aromatic carbocycles. The van der Waals surface area contributed by atoms with Crippen molar-refractivity contribution in [2.75, 3.05) is 10.6 Å². The average molecular weight is 446 g/mol. The van der Waals surface area contributed by atoms with Gasteiger partial charge in [-0.25, -0.2) is 0 Å². The van der Waals surface area contributed by atoms with Crippen LogP contribution in [0.25, 0.3) is 0 Å². The number of benzene rings is 1. The normalized spacial score (nSPS) is 12.5. The standard InChI is InChI=1S/C22H31N5O3S/c1-12(2)11-15(20(29)25-22(4,5)6)27(14-9-7-13(3)8-10-14)21(30)18-16(23)17(19(24)28)26-31-18/h7-10,12,15H,11,23H2,1-6H3,(H2,24,28)(H,25,29). The highest BCUT2D eigenvalue weighted by Crippen LogP contribution is 2.29. The van der Waals surface area contributed by atoms with E-state index in [0.717, 1.165) is 17.1 Å². The van der Waals surface area contributed by atoms with Gasteiger partial charge in [-0.2, -0.15) is 4.37 Å². The van der Waals surface area contributed by atoms with Gasteiger partial charge < -0.3 is 16.8 Å². The number of carbonyl (C=O) groups excluding carboxylic acids is 3. The van der Waals surface area contributed by atoms with E-state index in [1.54, 1.807) is 12.1 Å². The third-order valence-corrected chi connectivity index (χ3v) is 5.34. The molecule has 1 aromatic heterocycles. The van der Waals surface area contributed by atoms with Crippen molar-refractivity contribution in [3.8, 4) is 0 Å². The van der Waals surface area contributed by atoms with Gasteiger partial charge in [-0.05, 0) is 63.7 Å². The van der Waals surface area contributed by atoms with E-state index in [-0.39, 0.29) is 28.1 Å². The number of hydrogen-bond donors (Lipinski definition) is 3. The van der Waals surface area contributed by atoms with Gasteiger partial charge in [0, 0.05) is 11.2 Å². The van der Waals surface area contributed by atoms with Gasteiger partial charge in [0.1, 0.15) is 10.9 Å². The summed E-state index contributed by atoms with van der Waals surface area (Å²) in [5.74, 6) is -1.44. The second-order valence-corrected chi connectivity index (χ2v) is 9.81. The minimum atomic E-state index is -0.807. The van der Waals surface area contributed by atoms with Gasteiger partial charge >= 0.3 is 0 Å². The maximum absolute atomic E-state index is 13.7. The molecule has 2 aromatic rings. The van der Waals surface area contributed by atoms with Crippen LogP contribution < -0.4 is 21.7 Å². The zero-order chi connectivity index (χ0) is 23.5. The van der Waals surface area contributed by atoms with Crippen molar-refractivity contribution in [1.82, 2.24) is 9.69 Å². The fourth-order valence-electron chi connectivity index (χ4n) is 3.11. The summed E-state index contributed by atoms with van der Waals surface area (Å²) >= 11 is 0.801. The highest BCUT2D eigenvalue weighted by atomic mass is 32.1. The molecule has 0 aliphatic rings. The minimum Gasteiger partial charge on any atom is -0.395 e. The van der Waals surface area contributed by atoms with Crippen LogP contribution in [0.3, 0.4) is 0 Å². The van der Waals surface area contributed by atoms with E-state index in [2.05, 4.69) is 9.69 Å². The van der Waals surface area contributed by atoms with E-state index in [1.165, 1.54) is 4.90 Å². The zero-order valence-electron chi connectivity index (χ0n) is 18.9. The molecule has 5 N–H and O–H groups in total. The number of nitrogens with one attached hydrogen (secondary N) is 1. The lowest BCUT2D eigenvalue weighted by Crippen LogP contribution is -2.54. The summed E-state index contributed by atoms with van der Waals surface area (Å²) in [6.45, 7) is 11.6. The second kappa shape index (κ2) is 9.47. The van der Waals surface area contributed by atoms with Crippen molar-refractivity contribution in [2.45, 2.75) is 59.5 Å². The molecule has 0 spiro atoms. The third kappa shape index (κ3) is 6.04. The summed E-state index contributed by atoms with van der Waals surface area (Å²) < 4.78 is 3.95. The number of nitrogens with zero attached hydrogens (tertiary/aromatic N) is 2. The number of nitrogen functional groups attached to an aromatic ring is 1. The van der Waals surface area contributed by atoms with Gasteiger partial charge in [0.2, 0.25) is 5.91 Å². The Kier molecular flexibility index (Phi) is 7.43. The van der Waals surface area contributed by atoms with Crippen LogP contribution in [0, 0.1) is 12.8 Å². The van der Waals surface area contributed by atoms with E-state index in [0.29, 0.717) is 12.1 Å². The van der Waals surface area contributed by atoms with Crippen molar-refractivity contribution >= 4 is 40.6 Å². The highest BCUT2D eigenvalue weighted by molar-refractivity contribution is 7.09. The molecule has 31 heavy (non-hydrogen) atoms. The summed E-state index contributed by atoms with van der Waals surface area (Å²) in [4.78, 5) is 40.0. The number of amides is 3. The Bertz CT molecular complexity index is 961. The van der Waals surface area contributed by atoms with E-state index in [1.807, 2.05) is 53.7 Å². The van der Waals surface area contributed by atoms with Gasteiger partial charge in [-0.15, -0.1) is 0 Å². The first-order valence-corrected chi connectivity index (χ1v) is 10.9. The van der Waals surface area contributed by atoms with E-state index in [4.69, 9.17) is 11.5 Å².